The first-order valence-corrected chi connectivity index (χ1v) is 14.5. The highest BCUT2D eigenvalue weighted by Gasteiger charge is 2.35. The molecule has 1 rings (SSSR count). The van der Waals surface area contributed by atoms with E-state index in [2.05, 4.69) is 33.0 Å². The van der Waals surface area contributed by atoms with Gasteiger partial charge in [-0.25, -0.2) is 4.79 Å². The summed E-state index contributed by atoms with van der Waals surface area (Å²) in [5, 5.41) is 2.67. The summed E-state index contributed by atoms with van der Waals surface area (Å²) in [5.74, 6) is 0.615. The lowest BCUT2D eigenvalue weighted by Gasteiger charge is -2.39. The molecule has 34 heavy (non-hydrogen) atoms. The first kappa shape index (κ1) is 30.9. The van der Waals surface area contributed by atoms with Crippen LogP contribution in [0.25, 0.3) is 0 Å². The molecule has 4 atom stereocenters. The fraction of sp³-hybridized carbons (Fsp3) is 0.931. The van der Waals surface area contributed by atoms with E-state index in [4.69, 9.17) is 9.47 Å². The predicted molar refractivity (Wildman–Crippen MR) is 141 cm³/mol. The molecule has 5 heteroatoms. The third kappa shape index (κ3) is 14.3. The number of hydrogen-bond acceptors (Lipinski definition) is 4. The first-order chi connectivity index (χ1) is 16.5. The summed E-state index contributed by atoms with van der Waals surface area (Å²) in [7, 11) is 0. The molecular weight excluding hydrogens is 426 g/mol. The summed E-state index contributed by atoms with van der Waals surface area (Å²) < 4.78 is 11.9. The molecule has 1 aliphatic rings. The molecule has 0 unspecified atom stereocenters. The number of unbranched alkanes of at least 4 members (excludes halogenated alkanes) is 11. The third-order valence-electron chi connectivity index (χ3n) is 7.15. The number of hydrogen-bond donors (Lipinski definition) is 1. The molecule has 0 bridgehead atoms. The molecule has 1 aliphatic heterocycles. The van der Waals surface area contributed by atoms with Crippen LogP contribution in [0, 0.1) is 11.8 Å². The summed E-state index contributed by atoms with van der Waals surface area (Å²) in [4.78, 5) is 23.9. The van der Waals surface area contributed by atoms with Gasteiger partial charge in [0.15, 0.2) is 0 Å². The number of nitrogens with one attached hydrogen (secondary N) is 1. The number of amides is 1. The molecule has 1 N–H and O–H groups in total. The number of ether oxygens (including phenoxy) is 2. The molecule has 1 heterocycles. The van der Waals surface area contributed by atoms with Crippen molar-refractivity contribution in [1.29, 1.82) is 0 Å². The van der Waals surface area contributed by atoms with Gasteiger partial charge in [0.2, 0.25) is 6.41 Å². The van der Waals surface area contributed by atoms with Crippen molar-refractivity contribution in [3.63, 3.8) is 0 Å². The molecular formula is C29H55NO4. The van der Waals surface area contributed by atoms with Gasteiger partial charge in [-0.1, -0.05) is 105 Å². The zero-order valence-electron chi connectivity index (χ0n) is 22.8. The monoisotopic (exact) mass is 481 g/mol. The molecule has 0 aromatic rings. The van der Waals surface area contributed by atoms with E-state index in [1.165, 1.54) is 83.5 Å². The quantitative estimate of drug-likeness (QED) is 0.0941. The molecule has 0 aromatic heterocycles. The average molecular weight is 482 g/mol. The average Bonchev–Trinajstić information content (AvgIpc) is 2.79. The highest BCUT2D eigenvalue weighted by atomic mass is 16.6. The minimum atomic E-state index is -0.560. The Bertz CT molecular complexity index is 510. The Balaban J connectivity index is 2.50. The van der Waals surface area contributed by atoms with Crippen LogP contribution in [-0.2, 0) is 19.1 Å². The highest BCUT2D eigenvalue weighted by Crippen LogP contribution is 2.31. The summed E-state index contributed by atoms with van der Waals surface area (Å²) in [6, 6.07) is -0.560. The molecule has 0 saturated carbocycles. The van der Waals surface area contributed by atoms with Gasteiger partial charge in [0.1, 0.15) is 12.1 Å². The lowest BCUT2D eigenvalue weighted by atomic mass is 9.87. The van der Waals surface area contributed by atoms with Crippen molar-refractivity contribution in [2.75, 3.05) is 6.61 Å². The second-order valence-electron chi connectivity index (χ2n) is 10.9. The zero-order chi connectivity index (χ0) is 25.0. The van der Waals surface area contributed by atoms with E-state index < -0.39 is 6.04 Å². The molecule has 0 radical (unpaired) electrons. The van der Waals surface area contributed by atoms with Crippen molar-refractivity contribution >= 4 is 12.4 Å². The summed E-state index contributed by atoms with van der Waals surface area (Å²) in [6.07, 6.45) is 20.9. The molecule has 0 aromatic carbocycles. The summed E-state index contributed by atoms with van der Waals surface area (Å²) in [6.45, 7) is 9.45. The second kappa shape index (κ2) is 20.1. The Kier molecular flexibility index (Phi) is 18.3. The molecule has 0 aliphatic carbocycles. The van der Waals surface area contributed by atoms with Gasteiger partial charge >= 0.3 is 5.97 Å². The van der Waals surface area contributed by atoms with Gasteiger partial charge in [0.25, 0.3) is 0 Å². The van der Waals surface area contributed by atoms with Crippen molar-refractivity contribution in [3.8, 4) is 0 Å². The van der Waals surface area contributed by atoms with Crippen molar-refractivity contribution in [1.82, 2.24) is 5.32 Å². The van der Waals surface area contributed by atoms with Crippen molar-refractivity contribution in [3.05, 3.63) is 0 Å². The molecule has 5 nitrogen and oxygen atoms in total. The van der Waals surface area contributed by atoms with Crippen LogP contribution in [0.4, 0.5) is 0 Å². The topological polar surface area (TPSA) is 64.6 Å². The second-order valence-corrected chi connectivity index (χ2v) is 10.9. The van der Waals surface area contributed by atoms with Crippen molar-refractivity contribution in [2.45, 2.75) is 155 Å². The molecule has 200 valence electrons. The zero-order valence-corrected chi connectivity index (χ0v) is 22.8. The Morgan fingerprint density at radius 3 is 2.06 bits per heavy atom. The molecule has 1 saturated heterocycles. The lowest BCUT2D eigenvalue weighted by Crippen LogP contribution is -2.44. The highest BCUT2D eigenvalue weighted by molar-refractivity contribution is 5.78. The predicted octanol–water partition coefficient (Wildman–Crippen LogP) is 7.36. The van der Waals surface area contributed by atoms with E-state index in [0.717, 1.165) is 25.9 Å². The molecule has 1 amide bonds. The van der Waals surface area contributed by atoms with Crippen LogP contribution in [0.15, 0.2) is 0 Å². The maximum atomic E-state index is 12.9. The van der Waals surface area contributed by atoms with Gasteiger partial charge in [-0.3, -0.25) is 4.79 Å². The van der Waals surface area contributed by atoms with E-state index in [0.29, 0.717) is 24.7 Å². The van der Waals surface area contributed by atoms with E-state index in [1.54, 1.807) is 0 Å². The number of esters is 1. The smallest absolute Gasteiger partial charge is 0.328 e. The van der Waals surface area contributed by atoms with Gasteiger partial charge < -0.3 is 14.8 Å². The van der Waals surface area contributed by atoms with Crippen LogP contribution in [0.2, 0.25) is 0 Å². The Hall–Kier alpha value is -1.10. The van der Waals surface area contributed by atoms with Gasteiger partial charge in [-0.15, -0.1) is 0 Å². The van der Waals surface area contributed by atoms with E-state index in [-0.39, 0.29) is 18.2 Å². The Morgan fingerprint density at radius 1 is 0.941 bits per heavy atom. The van der Waals surface area contributed by atoms with E-state index in [1.807, 2.05) is 0 Å². The van der Waals surface area contributed by atoms with Gasteiger partial charge in [0.05, 0.1) is 12.7 Å². The van der Waals surface area contributed by atoms with Crippen LogP contribution >= 0.6 is 0 Å². The normalized spacial score (nSPS) is 19.4. The maximum Gasteiger partial charge on any atom is 0.328 e. The number of carbonyl (C=O) groups is 2. The van der Waals surface area contributed by atoms with Gasteiger partial charge in [-0.2, -0.15) is 0 Å². The minimum Gasteiger partial charge on any atom is -0.461 e. The van der Waals surface area contributed by atoms with Crippen LogP contribution in [-0.4, -0.2) is 37.2 Å². The fourth-order valence-corrected chi connectivity index (χ4v) is 4.93. The Morgan fingerprint density at radius 2 is 1.53 bits per heavy atom. The third-order valence-corrected chi connectivity index (χ3v) is 7.15. The Labute approximate surface area is 210 Å². The molecule has 1 fully saturated rings. The number of carbonyl (C=O) groups excluding carboxylic acids is 2. The van der Waals surface area contributed by atoms with E-state index >= 15 is 0 Å². The maximum absolute atomic E-state index is 12.9. The largest absolute Gasteiger partial charge is 0.461 e. The van der Waals surface area contributed by atoms with Crippen LogP contribution in [0.3, 0.4) is 0 Å². The van der Waals surface area contributed by atoms with Crippen molar-refractivity contribution in [2.24, 2.45) is 11.8 Å². The van der Waals surface area contributed by atoms with Crippen molar-refractivity contribution < 1.29 is 19.1 Å². The van der Waals surface area contributed by atoms with E-state index in [9.17, 15) is 9.59 Å². The lowest BCUT2D eigenvalue weighted by molar-refractivity contribution is -0.164. The number of rotatable bonds is 23. The van der Waals surface area contributed by atoms with Crippen LogP contribution < -0.4 is 5.32 Å². The SMILES string of the molecule is CCCCCCCCCCC[C@H](C[C@@H]1OC[C@@H]1CCCCCC)OC(=O)[C@H](CC(C)C)NC=O. The van der Waals surface area contributed by atoms with Gasteiger partial charge in [-0.05, 0) is 31.6 Å². The molecule has 0 spiro atoms. The fourth-order valence-electron chi connectivity index (χ4n) is 4.93. The van der Waals surface area contributed by atoms with Crippen LogP contribution in [0.5, 0.6) is 0 Å². The standard InChI is InChI=1S/C29H55NO4/c1-5-7-9-11-12-13-14-15-17-19-26(34-29(32)27(30-23-31)20-24(3)4)21-28-25(22-33-28)18-16-10-8-6-2/h23-28H,5-22H2,1-4H3,(H,30,31)/t25-,26+,27-,28-/m0/s1. The summed E-state index contributed by atoms with van der Waals surface area (Å²) >= 11 is 0. The van der Waals surface area contributed by atoms with Crippen LogP contribution in [0.1, 0.15) is 137 Å². The minimum absolute atomic E-state index is 0.122. The summed E-state index contributed by atoms with van der Waals surface area (Å²) in [5.41, 5.74) is 0. The van der Waals surface area contributed by atoms with Gasteiger partial charge in [0, 0.05) is 12.3 Å². The first-order valence-electron chi connectivity index (χ1n) is 14.5.